The van der Waals surface area contributed by atoms with Crippen LogP contribution in [0.2, 0.25) is 5.02 Å². The second-order valence-corrected chi connectivity index (χ2v) is 5.56. The van der Waals surface area contributed by atoms with E-state index in [1.165, 1.54) is 11.1 Å². The number of benzene rings is 1. The van der Waals surface area contributed by atoms with Crippen molar-refractivity contribution < 1.29 is 4.74 Å². The van der Waals surface area contributed by atoms with Crippen LogP contribution in [-0.2, 0) is 6.61 Å². The molecule has 0 aliphatic heterocycles. The first-order chi connectivity index (χ1) is 10.0. The van der Waals surface area contributed by atoms with Gasteiger partial charge in [0.1, 0.15) is 18.2 Å². The summed E-state index contributed by atoms with van der Waals surface area (Å²) in [7, 11) is 0. The molecular weight excluding hydrogens is 284 g/mol. The quantitative estimate of drug-likeness (QED) is 0.871. The summed E-state index contributed by atoms with van der Waals surface area (Å²) < 4.78 is 5.92. The summed E-state index contributed by atoms with van der Waals surface area (Å²) in [5.74, 6) is 1.71. The van der Waals surface area contributed by atoms with E-state index in [0.717, 1.165) is 29.4 Å². The van der Waals surface area contributed by atoms with Crippen molar-refractivity contribution in [2.75, 3.05) is 11.9 Å². The first-order valence-electron chi connectivity index (χ1n) is 7.11. The zero-order valence-corrected chi connectivity index (χ0v) is 13.7. The lowest BCUT2D eigenvalue weighted by molar-refractivity contribution is 0.299. The zero-order valence-electron chi connectivity index (χ0n) is 13.0. The van der Waals surface area contributed by atoms with E-state index >= 15 is 0 Å². The molecule has 1 aromatic heterocycles. The SMILES string of the molecule is CCNc1ccc(Cl)c(COc2cc(C)cc(C)c2C)n1. The Labute approximate surface area is 131 Å². The molecule has 1 heterocycles. The fourth-order valence-corrected chi connectivity index (χ4v) is 2.32. The van der Waals surface area contributed by atoms with Gasteiger partial charge in [0.15, 0.2) is 0 Å². The minimum Gasteiger partial charge on any atom is -0.487 e. The van der Waals surface area contributed by atoms with Gasteiger partial charge in [-0.05, 0) is 62.6 Å². The number of anilines is 1. The van der Waals surface area contributed by atoms with Gasteiger partial charge in [0.2, 0.25) is 0 Å². The van der Waals surface area contributed by atoms with Crippen molar-refractivity contribution in [1.29, 1.82) is 0 Å². The second-order valence-electron chi connectivity index (χ2n) is 5.15. The number of hydrogen-bond donors (Lipinski definition) is 1. The monoisotopic (exact) mass is 304 g/mol. The number of hydrogen-bond acceptors (Lipinski definition) is 3. The number of nitrogens with zero attached hydrogens (tertiary/aromatic N) is 1. The summed E-state index contributed by atoms with van der Waals surface area (Å²) in [4.78, 5) is 4.48. The first-order valence-corrected chi connectivity index (χ1v) is 7.49. The summed E-state index contributed by atoms with van der Waals surface area (Å²) in [5, 5.41) is 3.80. The van der Waals surface area contributed by atoms with Crippen molar-refractivity contribution in [3.05, 3.63) is 51.7 Å². The number of aromatic nitrogens is 1. The molecule has 0 saturated heterocycles. The van der Waals surface area contributed by atoms with Crippen molar-refractivity contribution in [2.45, 2.75) is 34.3 Å². The van der Waals surface area contributed by atoms with E-state index in [0.29, 0.717) is 11.6 Å². The van der Waals surface area contributed by atoms with Gasteiger partial charge in [0.25, 0.3) is 0 Å². The Bertz CT molecular complexity index is 641. The van der Waals surface area contributed by atoms with Gasteiger partial charge in [-0.15, -0.1) is 0 Å². The number of pyridine rings is 1. The smallest absolute Gasteiger partial charge is 0.132 e. The normalized spacial score (nSPS) is 10.5. The van der Waals surface area contributed by atoms with Crippen LogP contribution >= 0.6 is 11.6 Å². The van der Waals surface area contributed by atoms with E-state index in [1.54, 1.807) is 0 Å². The van der Waals surface area contributed by atoms with Gasteiger partial charge >= 0.3 is 0 Å². The first kappa shape index (κ1) is 15.6. The molecule has 4 heteroatoms. The molecule has 0 amide bonds. The summed E-state index contributed by atoms with van der Waals surface area (Å²) >= 11 is 6.19. The summed E-state index contributed by atoms with van der Waals surface area (Å²) in [6, 6.07) is 7.92. The largest absolute Gasteiger partial charge is 0.487 e. The van der Waals surface area contributed by atoms with Gasteiger partial charge in [-0.2, -0.15) is 0 Å². The Balaban J connectivity index is 2.18. The Kier molecular flexibility index (Phi) is 5.07. The highest BCUT2D eigenvalue weighted by Crippen LogP contribution is 2.25. The predicted octanol–water partition coefficient (Wildman–Crippen LogP) is 4.67. The van der Waals surface area contributed by atoms with E-state index < -0.39 is 0 Å². The molecule has 2 rings (SSSR count). The lowest BCUT2D eigenvalue weighted by atomic mass is 10.1. The molecule has 0 fully saturated rings. The molecule has 0 saturated carbocycles. The molecule has 0 radical (unpaired) electrons. The molecule has 0 spiro atoms. The minimum absolute atomic E-state index is 0.363. The Hall–Kier alpha value is -1.74. The van der Waals surface area contributed by atoms with Crippen LogP contribution in [0.1, 0.15) is 29.3 Å². The van der Waals surface area contributed by atoms with E-state index in [1.807, 2.05) is 25.1 Å². The van der Waals surface area contributed by atoms with E-state index in [9.17, 15) is 0 Å². The van der Waals surface area contributed by atoms with Crippen molar-refractivity contribution >= 4 is 17.4 Å². The third-order valence-corrected chi connectivity index (χ3v) is 3.75. The molecule has 2 aromatic rings. The van der Waals surface area contributed by atoms with Gasteiger partial charge in [-0.25, -0.2) is 4.98 Å². The highest BCUT2D eigenvalue weighted by Gasteiger charge is 2.08. The maximum Gasteiger partial charge on any atom is 0.132 e. The number of ether oxygens (including phenoxy) is 1. The van der Waals surface area contributed by atoms with Gasteiger partial charge in [-0.3, -0.25) is 0 Å². The van der Waals surface area contributed by atoms with Crippen molar-refractivity contribution in [3.63, 3.8) is 0 Å². The van der Waals surface area contributed by atoms with Crippen LogP contribution in [0.3, 0.4) is 0 Å². The molecule has 1 N–H and O–H groups in total. The summed E-state index contributed by atoms with van der Waals surface area (Å²) in [5.41, 5.74) is 4.31. The molecular formula is C17H21ClN2O. The van der Waals surface area contributed by atoms with E-state index in [4.69, 9.17) is 16.3 Å². The van der Waals surface area contributed by atoms with Crippen LogP contribution < -0.4 is 10.1 Å². The van der Waals surface area contributed by atoms with E-state index in [-0.39, 0.29) is 0 Å². The molecule has 1 aromatic carbocycles. The Morgan fingerprint density at radius 3 is 2.67 bits per heavy atom. The highest BCUT2D eigenvalue weighted by molar-refractivity contribution is 6.31. The molecule has 112 valence electrons. The minimum atomic E-state index is 0.363. The topological polar surface area (TPSA) is 34.1 Å². The third kappa shape index (κ3) is 3.88. The molecule has 0 aliphatic carbocycles. The molecule has 3 nitrogen and oxygen atoms in total. The molecule has 0 bridgehead atoms. The maximum absolute atomic E-state index is 6.19. The van der Waals surface area contributed by atoms with Crippen LogP contribution in [-0.4, -0.2) is 11.5 Å². The van der Waals surface area contributed by atoms with Crippen LogP contribution in [0.5, 0.6) is 5.75 Å². The van der Waals surface area contributed by atoms with Crippen molar-refractivity contribution in [2.24, 2.45) is 0 Å². The predicted molar refractivity (Wildman–Crippen MR) is 88.4 cm³/mol. The summed E-state index contributed by atoms with van der Waals surface area (Å²) in [6.45, 7) is 9.44. The Morgan fingerprint density at radius 1 is 1.19 bits per heavy atom. The standard InChI is InChI=1S/C17H21ClN2O/c1-5-19-17-7-6-14(18)15(20-17)10-21-16-9-11(2)8-12(3)13(16)4/h6-9H,5,10H2,1-4H3,(H,19,20). The average molecular weight is 305 g/mol. The maximum atomic E-state index is 6.19. The zero-order chi connectivity index (χ0) is 15.4. The number of rotatable bonds is 5. The van der Waals surface area contributed by atoms with Crippen LogP contribution in [0.4, 0.5) is 5.82 Å². The van der Waals surface area contributed by atoms with Gasteiger partial charge in [0.05, 0.1) is 10.7 Å². The Morgan fingerprint density at radius 2 is 1.95 bits per heavy atom. The lowest BCUT2D eigenvalue weighted by Crippen LogP contribution is -2.05. The third-order valence-electron chi connectivity index (χ3n) is 3.40. The van der Waals surface area contributed by atoms with Crippen LogP contribution in [0.25, 0.3) is 0 Å². The number of aryl methyl sites for hydroxylation is 2. The van der Waals surface area contributed by atoms with E-state index in [2.05, 4.69) is 37.1 Å². The van der Waals surface area contributed by atoms with Crippen molar-refractivity contribution in [1.82, 2.24) is 4.98 Å². The molecule has 0 unspecified atom stereocenters. The van der Waals surface area contributed by atoms with Gasteiger partial charge in [-0.1, -0.05) is 17.7 Å². The van der Waals surface area contributed by atoms with Crippen molar-refractivity contribution in [3.8, 4) is 5.75 Å². The fourth-order valence-electron chi connectivity index (χ4n) is 2.16. The van der Waals surface area contributed by atoms with Crippen LogP contribution in [0.15, 0.2) is 24.3 Å². The fraction of sp³-hybridized carbons (Fsp3) is 0.353. The average Bonchev–Trinajstić information content (AvgIpc) is 2.44. The second kappa shape index (κ2) is 6.81. The highest BCUT2D eigenvalue weighted by atomic mass is 35.5. The molecule has 21 heavy (non-hydrogen) atoms. The number of nitrogens with one attached hydrogen (secondary N) is 1. The lowest BCUT2D eigenvalue weighted by Gasteiger charge is -2.13. The van der Waals surface area contributed by atoms with Gasteiger partial charge < -0.3 is 10.1 Å². The molecule has 0 aliphatic rings. The summed E-state index contributed by atoms with van der Waals surface area (Å²) in [6.07, 6.45) is 0. The van der Waals surface area contributed by atoms with Gasteiger partial charge in [0, 0.05) is 6.54 Å². The van der Waals surface area contributed by atoms with Crippen LogP contribution in [0, 0.1) is 20.8 Å². The molecule has 0 atom stereocenters. The number of halogens is 1.